The van der Waals surface area contributed by atoms with Gasteiger partial charge in [-0.25, -0.2) is 13.4 Å². The number of nitrogens with one attached hydrogen (secondary N) is 1. The van der Waals surface area contributed by atoms with Crippen molar-refractivity contribution in [1.29, 1.82) is 5.26 Å². The van der Waals surface area contributed by atoms with Gasteiger partial charge in [0.1, 0.15) is 11.0 Å². The lowest BCUT2D eigenvalue weighted by Crippen LogP contribution is -2.34. The predicted octanol–water partition coefficient (Wildman–Crippen LogP) is 0.962. The van der Waals surface area contributed by atoms with Crippen molar-refractivity contribution in [2.75, 3.05) is 0 Å². The Morgan fingerprint density at radius 1 is 1.47 bits per heavy atom. The van der Waals surface area contributed by atoms with Crippen LogP contribution >= 0.6 is 0 Å². The van der Waals surface area contributed by atoms with Crippen LogP contribution in [0, 0.1) is 11.3 Å². The number of hydrogen-bond acceptors (Lipinski definition) is 5. The maximum atomic E-state index is 11.8. The van der Waals surface area contributed by atoms with Gasteiger partial charge < -0.3 is 0 Å². The summed E-state index contributed by atoms with van der Waals surface area (Å²) in [5.74, 6) is 0. The number of aromatic nitrogens is 1. The molecule has 6 nitrogen and oxygen atoms in total. The van der Waals surface area contributed by atoms with Crippen LogP contribution in [0.4, 0.5) is 0 Å². The highest BCUT2D eigenvalue weighted by atomic mass is 32.2. The molecule has 92 valence electrons. The van der Waals surface area contributed by atoms with Gasteiger partial charge in [0.15, 0.2) is 5.69 Å². The predicted molar refractivity (Wildman–Crippen MR) is 60.1 cm³/mol. The van der Waals surface area contributed by atoms with E-state index in [4.69, 9.17) is 10.1 Å². The average molecular weight is 255 g/mol. The molecule has 1 aromatic rings. The number of hydrogen-bond donors (Lipinski definition) is 1. The van der Waals surface area contributed by atoms with Gasteiger partial charge in [-0.1, -0.05) is 4.89 Å². The van der Waals surface area contributed by atoms with Gasteiger partial charge in [-0.2, -0.15) is 5.26 Å². The molecule has 0 amide bonds. The zero-order valence-corrected chi connectivity index (χ0v) is 10.6. The van der Waals surface area contributed by atoms with Gasteiger partial charge >= 0.3 is 0 Å². The van der Waals surface area contributed by atoms with E-state index in [-0.39, 0.29) is 10.6 Å². The average Bonchev–Trinajstić information content (AvgIpc) is 2.26. The molecule has 0 aliphatic rings. The molecule has 0 aliphatic carbocycles. The minimum atomic E-state index is -3.89. The molecule has 1 aromatic heterocycles. The third-order valence-electron chi connectivity index (χ3n) is 1.62. The minimum Gasteiger partial charge on any atom is -0.281 e. The van der Waals surface area contributed by atoms with Crippen molar-refractivity contribution < 1.29 is 13.3 Å². The first-order chi connectivity index (χ1) is 7.76. The standard InChI is InChI=1S/C10H13N3O3S/c1-10(2,3)16-13-17(14,15)9-5-4-6-12-8(9)7-11/h4-6,13H,1-3H3. The van der Waals surface area contributed by atoms with Crippen molar-refractivity contribution >= 4 is 10.0 Å². The molecule has 0 aromatic carbocycles. The summed E-state index contributed by atoms with van der Waals surface area (Å²) in [6.07, 6.45) is 1.35. The van der Waals surface area contributed by atoms with Gasteiger partial charge in [-0.3, -0.25) is 4.84 Å². The largest absolute Gasteiger partial charge is 0.281 e. The molecule has 0 unspecified atom stereocenters. The number of rotatable bonds is 3. The van der Waals surface area contributed by atoms with Crippen LogP contribution in [0.15, 0.2) is 23.2 Å². The Morgan fingerprint density at radius 3 is 2.65 bits per heavy atom. The minimum absolute atomic E-state index is 0.169. The fraction of sp³-hybridized carbons (Fsp3) is 0.400. The van der Waals surface area contributed by atoms with Gasteiger partial charge in [-0.15, -0.1) is 0 Å². The van der Waals surface area contributed by atoms with Gasteiger partial charge in [0.05, 0.1) is 5.60 Å². The Bertz CT molecular complexity index is 541. The van der Waals surface area contributed by atoms with E-state index in [1.54, 1.807) is 26.8 Å². The summed E-state index contributed by atoms with van der Waals surface area (Å²) in [7, 11) is -3.89. The van der Waals surface area contributed by atoms with Gasteiger partial charge in [0, 0.05) is 6.20 Å². The molecule has 0 saturated carbocycles. The normalized spacial score (nSPS) is 12.1. The summed E-state index contributed by atoms with van der Waals surface area (Å²) in [5.41, 5.74) is -0.834. The van der Waals surface area contributed by atoms with Gasteiger partial charge in [0.25, 0.3) is 10.0 Å². The molecule has 1 heterocycles. The number of nitriles is 1. The Balaban J connectivity index is 3.03. The second kappa shape index (κ2) is 4.79. The number of sulfonamides is 1. The quantitative estimate of drug-likeness (QED) is 0.812. The Labute approximate surface area is 100 Å². The fourth-order valence-corrected chi connectivity index (χ4v) is 1.98. The van der Waals surface area contributed by atoms with Crippen LogP contribution in [0.5, 0.6) is 0 Å². The molecule has 0 bridgehead atoms. The molecular formula is C10H13N3O3S. The molecule has 0 aliphatic heterocycles. The van der Waals surface area contributed by atoms with E-state index in [2.05, 4.69) is 4.98 Å². The Hall–Kier alpha value is -1.49. The molecule has 0 saturated heterocycles. The van der Waals surface area contributed by atoms with Crippen LogP contribution in [0.3, 0.4) is 0 Å². The molecule has 0 atom stereocenters. The van der Waals surface area contributed by atoms with Crippen LogP contribution in [0.2, 0.25) is 0 Å². The van der Waals surface area contributed by atoms with Crippen LogP contribution in [-0.4, -0.2) is 19.0 Å². The van der Waals surface area contributed by atoms with Crippen LogP contribution < -0.4 is 4.89 Å². The van der Waals surface area contributed by atoms with Crippen LogP contribution in [-0.2, 0) is 14.9 Å². The first-order valence-electron chi connectivity index (χ1n) is 4.81. The second-order valence-electron chi connectivity index (χ2n) is 4.26. The highest BCUT2D eigenvalue weighted by Crippen LogP contribution is 2.13. The molecule has 0 radical (unpaired) electrons. The lowest BCUT2D eigenvalue weighted by atomic mass is 10.2. The maximum Gasteiger partial charge on any atom is 0.265 e. The van der Waals surface area contributed by atoms with Crippen molar-refractivity contribution in [2.45, 2.75) is 31.3 Å². The van der Waals surface area contributed by atoms with Crippen LogP contribution in [0.25, 0.3) is 0 Å². The summed E-state index contributed by atoms with van der Waals surface area (Å²) >= 11 is 0. The van der Waals surface area contributed by atoms with E-state index in [0.29, 0.717) is 0 Å². The van der Waals surface area contributed by atoms with Crippen molar-refractivity contribution in [1.82, 2.24) is 9.87 Å². The summed E-state index contributed by atoms with van der Waals surface area (Å²) in [4.78, 5) is 10.4. The maximum absolute atomic E-state index is 11.8. The Kier molecular flexibility index (Phi) is 3.83. The van der Waals surface area contributed by atoms with E-state index in [0.717, 1.165) is 0 Å². The molecule has 1 N–H and O–H groups in total. The second-order valence-corrected chi connectivity index (χ2v) is 5.88. The zero-order valence-electron chi connectivity index (χ0n) is 9.76. The molecule has 0 spiro atoms. The van der Waals surface area contributed by atoms with E-state index in [1.165, 1.54) is 18.3 Å². The van der Waals surface area contributed by atoms with Crippen molar-refractivity contribution in [2.24, 2.45) is 0 Å². The summed E-state index contributed by atoms with van der Waals surface area (Å²) < 4.78 is 23.7. The fourth-order valence-electron chi connectivity index (χ4n) is 0.916. The van der Waals surface area contributed by atoms with E-state index in [9.17, 15) is 8.42 Å². The molecule has 17 heavy (non-hydrogen) atoms. The highest BCUT2D eigenvalue weighted by molar-refractivity contribution is 7.89. The molecular weight excluding hydrogens is 242 g/mol. The third-order valence-corrected chi connectivity index (χ3v) is 2.83. The van der Waals surface area contributed by atoms with E-state index < -0.39 is 15.6 Å². The lowest BCUT2D eigenvalue weighted by Gasteiger charge is -2.19. The summed E-state index contributed by atoms with van der Waals surface area (Å²) in [5, 5.41) is 8.76. The van der Waals surface area contributed by atoms with Crippen molar-refractivity contribution in [3.8, 4) is 6.07 Å². The Morgan fingerprint density at radius 2 is 2.12 bits per heavy atom. The van der Waals surface area contributed by atoms with Crippen molar-refractivity contribution in [3.63, 3.8) is 0 Å². The zero-order chi connectivity index (χ0) is 13.1. The smallest absolute Gasteiger partial charge is 0.265 e. The van der Waals surface area contributed by atoms with Gasteiger partial charge in [0.2, 0.25) is 0 Å². The molecule has 0 fully saturated rings. The van der Waals surface area contributed by atoms with Crippen LogP contribution in [0.1, 0.15) is 26.5 Å². The molecule has 7 heteroatoms. The van der Waals surface area contributed by atoms with Gasteiger partial charge in [-0.05, 0) is 32.9 Å². The lowest BCUT2D eigenvalue weighted by molar-refractivity contribution is -0.0357. The topological polar surface area (TPSA) is 92.1 Å². The summed E-state index contributed by atoms with van der Waals surface area (Å²) in [6, 6.07) is 4.44. The van der Waals surface area contributed by atoms with Crippen molar-refractivity contribution in [3.05, 3.63) is 24.0 Å². The van der Waals surface area contributed by atoms with E-state index in [1.807, 2.05) is 4.89 Å². The number of pyridine rings is 1. The third kappa shape index (κ3) is 3.78. The first-order valence-corrected chi connectivity index (χ1v) is 6.29. The first kappa shape index (κ1) is 13.6. The monoisotopic (exact) mass is 255 g/mol. The number of nitrogens with zero attached hydrogens (tertiary/aromatic N) is 2. The van der Waals surface area contributed by atoms with E-state index >= 15 is 0 Å². The molecule has 1 rings (SSSR count). The SMILES string of the molecule is CC(C)(C)ONS(=O)(=O)c1cccnc1C#N. The summed E-state index contributed by atoms with van der Waals surface area (Å²) in [6.45, 7) is 5.10. The highest BCUT2D eigenvalue weighted by Gasteiger charge is 2.22.